The summed E-state index contributed by atoms with van der Waals surface area (Å²) in [5.74, 6) is 0. The molecule has 2 heteroatoms. The van der Waals surface area contributed by atoms with E-state index in [1.807, 2.05) is 6.08 Å². The Morgan fingerprint density at radius 3 is 2.50 bits per heavy atom. The first-order valence-corrected chi connectivity index (χ1v) is 6.99. The summed E-state index contributed by atoms with van der Waals surface area (Å²) in [5, 5.41) is 0. The molecule has 0 radical (unpaired) electrons. The highest BCUT2D eigenvalue weighted by molar-refractivity contribution is 6.71. The van der Waals surface area contributed by atoms with Gasteiger partial charge < -0.3 is 4.43 Å². The molecule has 10 heavy (non-hydrogen) atoms. The van der Waals surface area contributed by atoms with Gasteiger partial charge in [-0.1, -0.05) is 13.0 Å². The first kappa shape index (κ1) is 9.92. The summed E-state index contributed by atoms with van der Waals surface area (Å²) >= 11 is 0. The van der Waals surface area contributed by atoms with Gasteiger partial charge in [0.15, 0.2) is 8.32 Å². The quantitative estimate of drug-likeness (QED) is 0.441. The third-order valence-corrected chi connectivity index (χ3v) is 3.59. The molecule has 0 N–H and O–H groups in total. The SMILES string of the molecule is C=CC[Si](C)(C)OCCC. The first-order valence-electron chi connectivity index (χ1n) is 3.87. The van der Waals surface area contributed by atoms with Crippen LogP contribution in [0.25, 0.3) is 0 Å². The maximum absolute atomic E-state index is 5.69. The molecule has 0 aromatic heterocycles. The second kappa shape index (κ2) is 4.69. The molecule has 1 nitrogen and oxygen atoms in total. The highest BCUT2D eigenvalue weighted by atomic mass is 28.4. The number of rotatable bonds is 5. The van der Waals surface area contributed by atoms with E-state index in [0.717, 1.165) is 19.1 Å². The predicted molar refractivity (Wildman–Crippen MR) is 48.7 cm³/mol. The van der Waals surface area contributed by atoms with Crippen LogP contribution in [0.5, 0.6) is 0 Å². The summed E-state index contributed by atoms with van der Waals surface area (Å²) in [4.78, 5) is 0. The van der Waals surface area contributed by atoms with E-state index >= 15 is 0 Å². The summed E-state index contributed by atoms with van der Waals surface area (Å²) in [5.41, 5.74) is 0. The van der Waals surface area contributed by atoms with E-state index in [1.54, 1.807) is 0 Å². The van der Waals surface area contributed by atoms with Gasteiger partial charge >= 0.3 is 0 Å². The fourth-order valence-corrected chi connectivity index (χ4v) is 2.35. The van der Waals surface area contributed by atoms with Crippen molar-refractivity contribution in [1.29, 1.82) is 0 Å². The molecule has 0 unspecified atom stereocenters. The summed E-state index contributed by atoms with van der Waals surface area (Å²) in [6, 6.07) is 1.06. The molecule has 0 aromatic rings. The van der Waals surface area contributed by atoms with Crippen molar-refractivity contribution in [3.63, 3.8) is 0 Å². The van der Waals surface area contributed by atoms with E-state index in [-0.39, 0.29) is 0 Å². The summed E-state index contributed by atoms with van der Waals surface area (Å²) in [7, 11) is -1.34. The fraction of sp³-hybridized carbons (Fsp3) is 0.750. The Hall–Kier alpha value is -0.0831. The minimum absolute atomic E-state index is 0.910. The lowest BCUT2D eigenvalue weighted by Gasteiger charge is -2.20. The van der Waals surface area contributed by atoms with Crippen molar-refractivity contribution in [2.45, 2.75) is 32.5 Å². The van der Waals surface area contributed by atoms with E-state index in [2.05, 4.69) is 26.6 Å². The smallest absolute Gasteiger partial charge is 0.190 e. The Balaban J connectivity index is 3.51. The number of hydrogen-bond acceptors (Lipinski definition) is 1. The Kier molecular flexibility index (Phi) is 4.65. The molecule has 0 amide bonds. The van der Waals surface area contributed by atoms with Crippen LogP contribution in [0.3, 0.4) is 0 Å². The van der Waals surface area contributed by atoms with Gasteiger partial charge in [-0.2, -0.15) is 0 Å². The zero-order valence-electron chi connectivity index (χ0n) is 7.31. The molecular formula is C8H18OSi. The first-order chi connectivity index (χ1) is 4.62. The monoisotopic (exact) mass is 158 g/mol. The van der Waals surface area contributed by atoms with Crippen molar-refractivity contribution in [2.24, 2.45) is 0 Å². The van der Waals surface area contributed by atoms with E-state index in [0.29, 0.717) is 0 Å². The van der Waals surface area contributed by atoms with Crippen LogP contribution in [0.4, 0.5) is 0 Å². The van der Waals surface area contributed by atoms with E-state index in [4.69, 9.17) is 4.43 Å². The van der Waals surface area contributed by atoms with Gasteiger partial charge in [0.25, 0.3) is 0 Å². The van der Waals surface area contributed by atoms with Crippen LogP contribution in [0.1, 0.15) is 13.3 Å². The summed E-state index contributed by atoms with van der Waals surface area (Å²) < 4.78 is 5.69. The Bertz CT molecular complexity index is 99.4. The Morgan fingerprint density at radius 1 is 1.50 bits per heavy atom. The summed E-state index contributed by atoms with van der Waals surface area (Å²) in [6.07, 6.45) is 3.08. The van der Waals surface area contributed by atoms with Gasteiger partial charge in [-0.25, -0.2) is 0 Å². The molecule has 0 rings (SSSR count). The van der Waals surface area contributed by atoms with Crippen molar-refractivity contribution >= 4 is 8.32 Å². The van der Waals surface area contributed by atoms with Crippen molar-refractivity contribution in [2.75, 3.05) is 6.61 Å². The molecule has 0 aliphatic rings. The number of hydrogen-bond donors (Lipinski definition) is 0. The van der Waals surface area contributed by atoms with Gasteiger partial charge in [0.05, 0.1) is 0 Å². The zero-order chi connectivity index (χ0) is 8.04. The van der Waals surface area contributed by atoms with Gasteiger partial charge in [0, 0.05) is 6.61 Å². The highest BCUT2D eigenvalue weighted by Gasteiger charge is 2.18. The molecule has 0 aromatic carbocycles. The van der Waals surface area contributed by atoms with Crippen LogP contribution in [0.2, 0.25) is 19.1 Å². The standard InChI is InChI=1S/C8H18OSi/c1-5-7-9-10(3,4)8-6-2/h6H,2,5,7-8H2,1,3-4H3. The van der Waals surface area contributed by atoms with Crippen molar-refractivity contribution in [3.8, 4) is 0 Å². The van der Waals surface area contributed by atoms with Crippen LogP contribution in [-0.2, 0) is 4.43 Å². The molecule has 0 aliphatic heterocycles. The molecule has 0 spiro atoms. The molecule has 0 saturated carbocycles. The lowest BCUT2D eigenvalue weighted by molar-refractivity contribution is 0.308. The maximum Gasteiger partial charge on any atom is 0.190 e. The summed E-state index contributed by atoms with van der Waals surface area (Å²) in [6.45, 7) is 11.2. The Morgan fingerprint density at radius 2 is 2.10 bits per heavy atom. The average molecular weight is 158 g/mol. The van der Waals surface area contributed by atoms with Gasteiger partial charge in [0.1, 0.15) is 0 Å². The van der Waals surface area contributed by atoms with Crippen LogP contribution in [0, 0.1) is 0 Å². The van der Waals surface area contributed by atoms with Gasteiger partial charge in [-0.15, -0.1) is 6.58 Å². The van der Waals surface area contributed by atoms with Crippen LogP contribution in [-0.4, -0.2) is 14.9 Å². The normalized spacial score (nSPS) is 11.5. The predicted octanol–water partition coefficient (Wildman–Crippen LogP) is 2.80. The van der Waals surface area contributed by atoms with E-state index in [9.17, 15) is 0 Å². The lowest BCUT2D eigenvalue weighted by atomic mass is 10.5. The minimum Gasteiger partial charge on any atom is -0.417 e. The van der Waals surface area contributed by atoms with Crippen molar-refractivity contribution in [1.82, 2.24) is 0 Å². The van der Waals surface area contributed by atoms with Gasteiger partial charge in [-0.3, -0.25) is 0 Å². The van der Waals surface area contributed by atoms with Crippen LogP contribution >= 0.6 is 0 Å². The molecule has 0 aliphatic carbocycles. The van der Waals surface area contributed by atoms with Crippen LogP contribution in [0.15, 0.2) is 12.7 Å². The third-order valence-electron chi connectivity index (χ3n) is 1.33. The molecule has 0 heterocycles. The lowest BCUT2D eigenvalue weighted by Crippen LogP contribution is -2.29. The fourth-order valence-electron chi connectivity index (χ4n) is 0.785. The zero-order valence-corrected chi connectivity index (χ0v) is 8.31. The minimum atomic E-state index is -1.34. The van der Waals surface area contributed by atoms with Gasteiger partial charge in [0.2, 0.25) is 0 Å². The maximum atomic E-state index is 5.69. The molecule has 0 bridgehead atoms. The second-order valence-corrected chi connectivity index (χ2v) is 7.32. The second-order valence-electron chi connectivity index (χ2n) is 3.10. The van der Waals surface area contributed by atoms with Crippen molar-refractivity contribution < 1.29 is 4.43 Å². The Labute approximate surface area is 65.2 Å². The largest absolute Gasteiger partial charge is 0.417 e. The molecule has 60 valence electrons. The van der Waals surface area contributed by atoms with E-state index < -0.39 is 8.32 Å². The molecular weight excluding hydrogens is 140 g/mol. The highest BCUT2D eigenvalue weighted by Crippen LogP contribution is 2.10. The van der Waals surface area contributed by atoms with Gasteiger partial charge in [-0.05, 0) is 25.6 Å². The molecule has 0 saturated heterocycles. The third kappa shape index (κ3) is 4.76. The average Bonchev–Trinajstić information content (AvgIpc) is 1.84. The van der Waals surface area contributed by atoms with E-state index in [1.165, 1.54) is 0 Å². The topological polar surface area (TPSA) is 9.23 Å². The number of allylic oxidation sites excluding steroid dienone is 1. The van der Waals surface area contributed by atoms with Crippen molar-refractivity contribution in [3.05, 3.63) is 12.7 Å². The molecule has 0 fully saturated rings. The van der Waals surface area contributed by atoms with Crippen LogP contribution < -0.4 is 0 Å². The molecule has 0 atom stereocenters.